The SMILES string of the molecule is C[C@H]1CCCN(c2ccc([N+](=O)[O-])cc2C#N)C1. The molecule has 0 aromatic heterocycles. The highest BCUT2D eigenvalue weighted by Gasteiger charge is 2.20. The van der Waals surface area contributed by atoms with Crippen molar-refractivity contribution < 1.29 is 4.92 Å². The van der Waals surface area contributed by atoms with E-state index in [-0.39, 0.29) is 5.69 Å². The van der Waals surface area contributed by atoms with Crippen LogP contribution in [0.3, 0.4) is 0 Å². The molecule has 0 saturated carbocycles. The first-order valence-electron chi connectivity index (χ1n) is 6.05. The second kappa shape index (κ2) is 5.05. The van der Waals surface area contributed by atoms with E-state index >= 15 is 0 Å². The van der Waals surface area contributed by atoms with Gasteiger partial charge in [-0.3, -0.25) is 10.1 Å². The van der Waals surface area contributed by atoms with Gasteiger partial charge in [-0.25, -0.2) is 0 Å². The summed E-state index contributed by atoms with van der Waals surface area (Å²) in [7, 11) is 0. The number of hydrogen-bond donors (Lipinski definition) is 0. The summed E-state index contributed by atoms with van der Waals surface area (Å²) in [4.78, 5) is 12.4. The molecule has 0 bridgehead atoms. The third-order valence-electron chi connectivity index (χ3n) is 3.31. The van der Waals surface area contributed by atoms with Crippen LogP contribution in [0.1, 0.15) is 25.3 Å². The number of nitrogens with zero attached hydrogens (tertiary/aromatic N) is 3. The van der Waals surface area contributed by atoms with Gasteiger partial charge in [0.25, 0.3) is 5.69 Å². The first-order valence-corrected chi connectivity index (χ1v) is 6.05. The molecule has 1 aromatic carbocycles. The maximum atomic E-state index is 10.7. The van der Waals surface area contributed by atoms with Crippen molar-refractivity contribution in [2.24, 2.45) is 5.92 Å². The van der Waals surface area contributed by atoms with Crippen molar-refractivity contribution in [2.75, 3.05) is 18.0 Å². The lowest BCUT2D eigenvalue weighted by molar-refractivity contribution is -0.384. The number of nitriles is 1. The lowest BCUT2D eigenvalue weighted by atomic mass is 9.99. The molecule has 1 atom stereocenters. The minimum Gasteiger partial charge on any atom is -0.370 e. The van der Waals surface area contributed by atoms with Crippen LogP contribution in [-0.2, 0) is 0 Å². The largest absolute Gasteiger partial charge is 0.370 e. The van der Waals surface area contributed by atoms with Crippen LogP contribution in [0.5, 0.6) is 0 Å². The molecule has 0 radical (unpaired) electrons. The molecule has 1 aromatic rings. The quantitative estimate of drug-likeness (QED) is 0.593. The van der Waals surface area contributed by atoms with Crippen LogP contribution in [0.2, 0.25) is 0 Å². The molecule has 0 aliphatic carbocycles. The van der Waals surface area contributed by atoms with Crippen molar-refractivity contribution in [3.05, 3.63) is 33.9 Å². The Morgan fingerprint density at radius 3 is 2.94 bits per heavy atom. The molecule has 1 aliphatic heterocycles. The molecule has 1 saturated heterocycles. The number of hydrogen-bond acceptors (Lipinski definition) is 4. The van der Waals surface area contributed by atoms with Crippen LogP contribution >= 0.6 is 0 Å². The molecule has 1 fully saturated rings. The first kappa shape index (κ1) is 12.4. The summed E-state index contributed by atoms with van der Waals surface area (Å²) in [6.45, 7) is 4.01. The Morgan fingerprint density at radius 2 is 2.33 bits per heavy atom. The third kappa shape index (κ3) is 2.43. The minimum atomic E-state index is -0.469. The summed E-state index contributed by atoms with van der Waals surface area (Å²) in [5.74, 6) is 0.598. The summed E-state index contributed by atoms with van der Waals surface area (Å²) in [6, 6.07) is 6.57. The zero-order valence-corrected chi connectivity index (χ0v) is 10.3. The summed E-state index contributed by atoms with van der Waals surface area (Å²) < 4.78 is 0. The molecular weight excluding hydrogens is 230 g/mol. The summed E-state index contributed by atoms with van der Waals surface area (Å²) in [6.07, 6.45) is 2.30. The molecule has 5 heteroatoms. The normalized spacial score (nSPS) is 19.3. The van der Waals surface area contributed by atoms with Crippen molar-refractivity contribution in [2.45, 2.75) is 19.8 Å². The van der Waals surface area contributed by atoms with E-state index in [0.29, 0.717) is 11.5 Å². The van der Waals surface area contributed by atoms with Crippen LogP contribution in [0, 0.1) is 27.4 Å². The monoisotopic (exact) mass is 245 g/mol. The van der Waals surface area contributed by atoms with Crippen molar-refractivity contribution in [1.82, 2.24) is 0 Å². The van der Waals surface area contributed by atoms with Crippen molar-refractivity contribution in [3.8, 4) is 6.07 Å². The van der Waals surface area contributed by atoms with E-state index in [1.165, 1.54) is 18.6 Å². The van der Waals surface area contributed by atoms with Gasteiger partial charge in [-0.2, -0.15) is 5.26 Å². The summed E-state index contributed by atoms with van der Waals surface area (Å²) >= 11 is 0. The van der Waals surface area contributed by atoms with Gasteiger partial charge in [0.2, 0.25) is 0 Å². The first-order chi connectivity index (χ1) is 8.61. The van der Waals surface area contributed by atoms with E-state index in [9.17, 15) is 10.1 Å². The Balaban J connectivity index is 2.33. The predicted octanol–water partition coefficient (Wildman–Crippen LogP) is 2.70. The lowest BCUT2D eigenvalue weighted by Crippen LogP contribution is -2.34. The number of anilines is 1. The van der Waals surface area contributed by atoms with Crippen LogP contribution in [-0.4, -0.2) is 18.0 Å². The van der Waals surface area contributed by atoms with E-state index in [2.05, 4.69) is 17.9 Å². The Bertz CT molecular complexity index is 507. The minimum absolute atomic E-state index is 0.0274. The Labute approximate surface area is 106 Å². The number of rotatable bonds is 2. The molecule has 1 heterocycles. The van der Waals surface area contributed by atoms with Gasteiger partial charge in [-0.1, -0.05) is 6.92 Å². The van der Waals surface area contributed by atoms with Crippen molar-refractivity contribution in [3.63, 3.8) is 0 Å². The molecule has 18 heavy (non-hydrogen) atoms. The molecule has 1 aliphatic rings. The van der Waals surface area contributed by atoms with E-state index in [1.807, 2.05) is 0 Å². The molecule has 5 nitrogen and oxygen atoms in total. The molecule has 2 rings (SSSR count). The van der Waals surface area contributed by atoms with Gasteiger partial charge in [0, 0.05) is 25.2 Å². The zero-order valence-electron chi connectivity index (χ0n) is 10.3. The second-order valence-electron chi connectivity index (χ2n) is 4.76. The van der Waals surface area contributed by atoms with E-state index < -0.39 is 4.92 Å². The third-order valence-corrected chi connectivity index (χ3v) is 3.31. The Hall–Kier alpha value is -2.09. The number of benzene rings is 1. The highest BCUT2D eigenvalue weighted by molar-refractivity contribution is 5.63. The van der Waals surface area contributed by atoms with Gasteiger partial charge in [-0.15, -0.1) is 0 Å². The van der Waals surface area contributed by atoms with E-state index in [1.54, 1.807) is 6.07 Å². The highest BCUT2D eigenvalue weighted by Crippen LogP contribution is 2.28. The molecule has 0 N–H and O–H groups in total. The van der Waals surface area contributed by atoms with E-state index in [0.717, 1.165) is 25.2 Å². The molecular formula is C13H15N3O2. The maximum absolute atomic E-state index is 10.7. The molecule has 94 valence electrons. The topological polar surface area (TPSA) is 70.2 Å². The molecule has 0 unspecified atom stereocenters. The fourth-order valence-electron chi connectivity index (χ4n) is 2.41. The maximum Gasteiger partial charge on any atom is 0.270 e. The van der Waals surface area contributed by atoms with Gasteiger partial charge in [0.15, 0.2) is 0 Å². The van der Waals surface area contributed by atoms with Gasteiger partial charge >= 0.3 is 0 Å². The molecule has 0 spiro atoms. The fourth-order valence-corrected chi connectivity index (χ4v) is 2.41. The average molecular weight is 245 g/mol. The molecule has 0 amide bonds. The fraction of sp³-hybridized carbons (Fsp3) is 0.462. The average Bonchev–Trinajstić information content (AvgIpc) is 2.37. The number of nitro groups is 1. The van der Waals surface area contributed by atoms with Crippen LogP contribution in [0.15, 0.2) is 18.2 Å². The van der Waals surface area contributed by atoms with Gasteiger partial charge in [-0.05, 0) is 24.8 Å². The zero-order chi connectivity index (χ0) is 13.1. The predicted molar refractivity (Wildman–Crippen MR) is 68.4 cm³/mol. The Morgan fingerprint density at radius 1 is 1.56 bits per heavy atom. The van der Waals surface area contributed by atoms with Gasteiger partial charge < -0.3 is 4.90 Å². The summed E-state index contributed by atoms with van der Waals surface area (Å²) in [5, 5.41) is 19.8. The smallest absolute Gasteiger partial charge is 0.270 e. The van der Waals surface area contributed by atoms with Crippen LogP contribution in [0.4, 0.5) is 11.4 Å². The standard InChI is InChI=1S/C13H15N3O2/c1-10-3-2-6-15(9-10)13-5-4-12(16(17)18)7-11(13)8-14/h4-5,7,10H,2-3,6,9H2,1H3/t10-/m0/s1. The number of non-ortho nitro benzene ring substituents is 1. The van der Waals surface area contributed by atoms with Crippen molar-refractivity contribution in [1.29, 1.82) is 5.26 Å². The number of nitro benzene ring substituents is 1. The van der Waals surface area contributed by atoms with Crippen LogP contribution < -0.4 is 4.90 Å². The van der Waals surface area contributed by atoms with Crippen molar-refractivity contribution >= 4 is 11.4 Å². The van der Waals surface area contributed by atoms with E-state index in [4.69, 9.17) is 5.26 Å². The highest BCUT2D eigenvalue weighted by atomic mass is 16.6. The second-order valence-corrected chi connectivity index (χ2v) is 4.76. The summed E-state index contributed by atoms with van der Waals surface area (Å²) in [5.41, 5.74) is 1.17. The lowest BCUT2D eigenvalue weighted by Gasteiger charge is -2.33. The van der Waals surface area contributed by atoms with Crippen LogP contribution in [0.25, 0.3) is 0 Å². The number of piperidine rings is 1. The Kier molecular flexibility index (Phi) is 3.47. The van der Waals surface area contributed by atoms with Gasteiger partial charge in [0.05, 0.1) is 16.2 Å². The van der Waals surface area contributed by atoms with Gasteiger partial charge in [0.1, 0.15) is 6.07 Å².